The fraction of sp³-hybridized carbons (Fsp3) is 0.263. The minimum absolute atomic E-state index is 0.00651. The first-order valence-corrected chi connectivity index (χ1v) is 8.92. The average Bonchev–Trinajstić information content (AvgIpc) is 2.65. The highest BCUT2D eigenvalue weighted by molar-refractivity contribution is 6.36. The number of ether oxygens (including phenoxy) is 1. The van der Waals surface area contributed by atoms with E-state index in [1.54, 1.807) is 31.2 Å². The highest BCUT2D eigenvalue weighted by Gasteiger charge is 2.27. The van der Waals surface area contributed by atoms with Crippen molar-refractivity contribution in [1.29, 1.82) is 0 Å². The number of nitrogens with one attached hydrogen (secondary N) is 1. The summed E-state index contributed by atoms with van der Waals surface area (Å²) < 4.78 is 19.0. The minimum Gasteiger partial charge on any atom is -0.481 e. The first-order valence-electron chi connectivity index (χ1n) is 8.16. The van der Waals surface area contributed by atoms with Crippen LogP contribution in [0.1, 0.15) is 12.5 Å². The summed E-state index contributed by atoms with van der Waals surface area (Å²) >= 11 is 12.4. The Labute approximate surface area is 167 Å². The molecule has 1 unspecified atom stereocenters. The summed E-state index contributed by atoms with van der Waals surface area (Å²) in [6.45, 7) is 1.14. The third kappa shape index (κ3) is 5.34. The fourth-order valence-corrected chi connectivity index (χ4v) is 2.95. The Morgan fingerprint density at radius 1 is 1.15 bits per heavy atom. The van der Waals surface area contributed by atoms with Crippen LogP contribution < -0.4 is 10.1 Å². The van der Waals surface area contributed by atoms with Gasteiger partial charge in [-0.25, -0.2) is 4.39 Å². The predicted molar refractivity (Wildman–Crippen MR) is 102 cm³/mol. The first-order chi connectivity index (χ1) is 12.8. The van der Waals surface area contributed by atoms with Crippen molar-refractivity contribution in [2.24, 2.45) is 0 Å². The van der Waals surface area contributed by atoms with Crippen molar-refractivity contribution in [3.63, 3.8) is 0 Å². The van der Waals surface area contributed by atoms with Gasteiger partial charge in [-0.3, -0.25) is 9.59 Å². The molecule has 27 heavy (non-hydrogen) atoms. The normalized spacial score (nSPS) is 11.6. The van der Waals surface area contributed by atoms with Gasteiger partial charge in [-0.2, -0.15) is 0 Å². The SMILES string of the molecule is CNC(=O)C(C)N(Cc1c(Cl)cccc1Cl)C(=O)COc1ccccc1F. The van der Waals surface area contributed by atoms with Gasteiger partial charge in [0.15, 0.2) is 18.2 Å². The largest absolute Gasteiger partial charge is 0.481 e. The molecule has 0 aliphatic heterocycles. The van der Waals surface area contributed by atoms with E-state index in [0.29, 0.717) is 15.6 Å². The number of hydrogen-bond acceptors (Lipinski definition) is 3. The van der Waals surface area contributed by atoms with E-state index in [-0.39, 0.29) is 18.2 Å². The standard InChI is InChI=1S/C19H19Cl2FN2O3/c1-12(19(26)23-2)24(10-13-14(20)6-5-7-15(13)21)18(25)11-27-17-9-4-3-8-16(17)22/h3-9,12H,10-11H2,1-2H3,(H,23,26). The number of benzene rings is 2. The second-order valence-electron chi connectivity index (χ2n) is 5.73. The van der Waals surface area contributed by atoms with Crippen LogP contribution in [-0.2, 0) is 16.1 Å². The molecule has 1 atom stereocenters. The van der Waals surface area contributed by atoms with Crippen LogP contribution in [0.2, 0.25) is 10.0 Å². The molecule has 5 nitrogen and oxygen atoms in total. The first kappa shape index (κ1) is 21.0. The van der Waals surface area contributed by atoms with Gasteiger partial charge in [0, 0.05) is 29.2 Å². The van der Waals surface area contributed by atoms with Crippen molar-refractivity contribution in [2.75, 3.05) is 13.7 Å². The van der Waals surface area contributed by atoms with Gasteiger partial charge in [0.25, 0.3) is 5.91 Å². The monoisotopic (exact) mass is 412 g/mol. The van der Waals surface area contributed by atoms with Crippen molar-refractivity contribution in [3.8, 4) is 5.75 Å². The molecule has 0 heterocycles. The number of carbonyl (C=O) groups excluding carboxylic acids is 2. The summed E-state index contributed by atoms with van der Waals surface area (Å²) in [6, 6.07) is 9.93. The maximum Gasteiger partial charge on any atom is 0.261 e. The molecule has 0 aliphatic rings. The zero-order chi connectivity index (χ0) is 20.0. The average molecular weight is 413 g/mol. The molecule has 0 radical (unpaired) electrons. The molecule has 0 bridgehead atoms. The van der Waals surface area contributed by atoms with Crippen LogP contribution in [0.4, 0.5) is 4.39 Å². The maximum absolute atomic E-state index is 13.7. The molecule has 0 saturated carbocycles. The Kier molecular flexibility index (Phi) is 7.45. The van der Waals surface area contributed by atoms with Crippen molar-refractivity contribution in [1.82, 2.24) is 10.2 Å². The molecule has 2 aromatic rings. The lowest BCUT2D eigenvalue weighted by Gasteiger charge is -2.29. The molecule has 0 saturated heterocycles. The van der Waals surface area contributed by atoms with Gasteiger partial charge in [-0.05, 0) is 31.2 Å². The molecule has 2 rings (SSSR count). The molecule has 0 aromatic heterocycles. The van der Waals surface area contributed by atoms with Crippen LogP contribution in [-0.4, -0.2) is 36.4 Å². The smallest absolute Gasteiger partial charge is 0.261 e. The summed E-state index contributed by atoms with van der Waals surface area (Å²) in [4.78, 5) is 26.1. The molecule has 8 heteroatoms. The Balaban J connectivity index is 2.22. The van der Waals surface area contributed by atoms with Crippen molar-refractivity contribution >= 4 is 35.0 Å². The van der Waals surface area contributed by atoms with Crippen molar-refractivity contribution < 1.29 is 18.7 Å². The van der Waals surface area contributed by atoms with E-state index in [1.165, 1.54) is 30.1 Å². The van der Waals surface area contributed by atoms with E-state index >= 15 is 0 Å². The van der Waals surface area contributed by atoms with Crippen LogP contribution in [0, 0.1) is 5.82 Å². The van der Waals surface area contributed by atoms with Crippen LogP contribution in [0.15, 0.2) is 42.5 Å². The van der Waals surface area contributed by atoms with E-state index < -0.39 is 24.4 Å². The van der Waals surface area contributed by atoms with E-state index in [2.05, 4.69) is 5.32 Å². The Bertz CT molecular complexity index is 812. The van der Waals surface area contributed by atoms with E-state index in [1.807, 2.05) is 0 Å². The molecule has 1 N–H and O–H groups in total. The lowest BCUT2D eigenvalue weighted by atomic mass is 10.1. The number of nitrogens with zero attached hydrogens (tertiary/aromatic N) is 1. The van der Waals surface area contributed by atoms with Crippen LogP contribution >= 0.6 is 23.2 Å². The summed E-state index contributed by atoms with van der Waals surface area (Å²) in [7, 11) is 1.47. The van der Waals surface area contributed by atoms with Gasteiger partial charge in [-0.1, -0.05) is 41.4 Å². The van der Waals surface area contributed by atoms with Gasteiger partial charge in [0.1, 0.15) is 6.04 Å². The molecule has 0 fully saturated rings. The van der Waals surface area contributed by atoms with E-state index in [0.717, 1.165) is 0 Å². The molecular weight excluding hydrogens is 394 g/mol. The Hall–Kier alpha value is -2.31. The van der Waals surface area contributed by atoms with Crippen LogP contribution in [0.25, 0.3) is 0 Å². The molecule has 0 spiro atoms. The highest BCUT2D eigenvalue weighted by atomic mass is 35.5. The van der Waals surface area contributed by atoms with Gasteiger partial charge in [0.05, 0.1) is 0 Å². The summed E-state index contributed by atoms with van der Waals surface area (Å²) in [5.74, 6) is -1.50. The molecule has 0 aliphatic carbocycles. The molecule has 2 amide bonds. The maximum atomic E-state index is 13.7. The molecule has 144 valence electrons. The van der Waals surface area contributed by atoms with Gasteiger partial charge in [0.2, 0.25) is 5.91 Å². The van der Waals surface area contributed by atoms with E-state index in [9.17, 15) is 14.0 Å². The molecule has 2 aromatic carbocycles. The molecular formula is C19H19Cl2FN2O3. The lowest BCUT2D eigenvalue weighted by molar-refractivity contribution is -0.142. The second kappa shape index (κ2) is 9.58. The summed E-state index contributed by atoms with van der Waals surface area (Å²) in [5.41, 5.74) is 0.510. The minimum atomic E-state index is -0.806. The Morgan fingerprint density at radius 2 is 1.78 bits per heavy atom. The van der Waals surface area contributed by atoms with Crippen LogP contribution in [0.3, 0.4) is 0 Å². The lowest BCUT2D eigenvalue weighted by Crippen LogP contribution is -2.48. The highest BCUT2D eigenvalue weighted by Crippen LogP contribution is 2.26. The quantitative estimate of drug-likeness (QED) is 0.754. The Morgan fingerprint density at radius 3 is 2.37 bits per heavy atom. The number of halogens is 3. The third-order valence-corrected chi connectivity index (χ3v) is 4.70. The van der Waals surface area contributed by atoms with Crippen LogP contribution in [0.5, 0.6) is 5.75 Å². The summed E-state index contributed by atoms with van der Waals surface area (Å²) in [5, 5.41) is 3.25. The number of likely N-dealkylation sites (N-methyl/N-ethyl adjacent to an activating group) is 1. The number of amides is 2. The number of carbonyl (C=O) groups is 2. The fourth-order valence-electron chi connectivity index (χ4n) is 2.43. The van der Waals surface area contributed by atoms with E-state index in [4.69, 9.17) is 27.9 Å². The van der Waals surface area contributed by atoms with Gasteiger partial charge in [-0.15, -0.1) is 0 Å². The number of hydrogen-bond donors (Lipinski definition) is 1. The number of rotatable bonds is 7. The van der Waals surface area contributed by atoms with Gasteiger partial charge >= 0.3 is 0 Å². The topological polar surface area (TPSA) is 58.6 Å². The second-order valence-corrected chi connectivity index (χ2v) is 6.55. The third-order valence-electron chi connectivity index (χ3n) is 3.99. The zero-order valence-corrected chi connectivity index (χ0v) is 16.4. The predicted octanol–water partition coefficient (Wildman–Crippen LogP) is 3.67. The van der Waals surface area contributed by atoms with Crippen molar-refractivity contribution in [3.05, 3.63) is 63.9 Å². The van der Waals surface area contributed by atoms with Gasteiger partial charge < -0.3 is 15.0 Å². The zero-order valence-electron chi connectivity index (χ0n) is 14.8. The van der Waals surface area contributed by atoms with Crippen molar-refractivity contribution in [2.45, 2.75) is 19.5 Å². The summed E-state index contributed by atoms with van der Waals surface area (Å²) in [6.07, 6.45) is 0. The number of para-hydroxylation sites is 1.